The van der Waals surface area contributed by atoms with Gasteiger partial charge in [0.2, 0.25) is 0 Å². The number of nitrogens with zero attached hydrogens (tertiary/aromatic N) is 2. The van der Waals surface area contributed by atoms with E-state index in [2.05, 4.69) is 204 Å². The zero-order valence-corrected chi connectivity index (χ0v) is 31.5. The second-order valence-corrected chi connectivity index (χ2v) is 16.0. The highest BCUT2D eigenvalue weighted by Crippen LogP contribution is 2.52. The SMILES string of the molecule is Cc1ccc(N(c2ccc3cc4c(cc3c2)-c2cc3ccc(-n5c6ccccc6c6ccccc65)cc3cc2-4)c2ccc3sccc3c2-c2ccccc2)cc1. The molecule has 0 unspecified atom stereocenters. The number of thiophene rings is 1. The van der Waals surface area contributed by atoms with E-state index in [1.54, 1.807) is 11.3 Å². The van der Waals surface area contributed by atoms with Gasteiger partial charge in [-0.3, -0.25) is 0 Å². The molecule has 0 atom stereocenters. The Balaban J connectivity index is 0.982. The molecule has 1 aliphatic carbocycles. The van der Waals surface area contributed by atoms with E-state index in [0.29, 0.717) is 0 Å². The van der Waals surface area contributed by atoms with Crippen LogP contribution in [0, 0.1) is 6.92 Å². The van der Waals surface area contributed by atoms with E-state index in [-0.39, 0.29) is 0 Å². The molecule has 56 heavy (non-hydrogen) atoms. The first-order valence-electron chi connectivity index (χ1n) is 19.2. The molecule has 0 saturated carbocycles. The normalized spacial score (nSPS) is 12.0. The number of hydrogen-bond donors (Lipinski definition) is 0. The molecule has 12 rings (SSSR count). The standard InChI is InChI=1S/C53H34N2S/c1-33-15-19-39(20-16-33)54(51-23-24-52-44(25-26-56-52)53(51)34-9-3-2-4-10-34)40-21-17-35-29-45-47(31-37(35)27-40)46-30-36-18-22-41(28-38(36)32-48(45)46)55-49-13-7-5-11-42(49)43-12-6-8-14-50(43)55/h2-32H,1H3. The van der Waals surface area contributed by atoms with Crippen LogP contribution in [0.1, 0.15) is 5.56 Å². The van der Waals surface area contributed by atoms with E-state index < -0.39 is 0 Å². The third kappa shape index (κ3) is 4.68. The van der Waals surface area contributed by atoms with E-state index in [1.807, 2.05) is 0 Å². The molecule has 2 heterocycles. The lowest BCUT2D eigenvalue weighted by Gasteiger charge is -2.29. The molecule has 1 aliphatic rings. The monoisotopic (exact) mass is 730 g/mol. The Bertz CT molecular complexity index is 3320. The van der Waals surface area contributed by atoms with Crippen molar-refractivity contribution in [1.82, 2.24) is 4.57 Å². The first-order chi connectivity index (χ1) is 27.7. The summed E-state index contributed by atoms with van der Waals surface area (Å²) in [6, 6.07) is 67.5. The van der Waals surface area contributed by atoms with Gasteiger partial charge in [-0.15, -0.1) is 11.3 Å². The molecule has 2 nitrogen and oxygen atoms in total. The van der Waals surface area contributed by atoms with Gasteiger partial charge in [0, 0.05) is 43.5 Å². The van der Waals surface area contributed by atoms with Crippen LogP contribution < -0.4 is 4.90 Å². The molecule has 0 fully saturated rings. The Morgan fingerprint density at radius 3 is 1.73 bits per heavy atom. The molecule has 2 aromatic heterocycles. The smallest absolute Gasteiger partial charge is 0.0547 e. The lowest BCUT2D eigenvalue weighted by atomic mass is 9.78. The van der Waals surface area contributed by atoms with Crippen LogP contribution in [0.5, 0.6) is 0 Å². The fourth-order valence-corrected chi connectivity index (χ4v) is 9.92. The molecule has 262 valence electrons. The third-order valence-electron chi connectivity index (χ3n) is 11.8. The summed E-state index contributed by atoms with van der Waals surface area (Å²) in [5.74, 6) is 0. The van der Waals surface area contributed by atoms with Crippen molar-refractivity contribution in [3.05, 3.63) is 193 Å². The van der Waals surface area contributed by atoms with E-state index in [4.69, 9.17) is 0 Å². The van der Waals surface area contributed by atoms with Crippen LogP contribution in [0.2, 0.25) is 0 Å². The zero-order valence-electron chi connectivity index (χ0n) is 30.7. The lowest BCUT2D eigenvalue weighted by Crippen LogP contribution is -2.11. The maximum atomic E-state index is 2.44. The molecular weight excluding hydrogens is 697 g/mol. The number of para-hydroxylation sites is 2. The quantitative estimate of drug-likeness (QED) is 0.171. The number of rotatable bonds is 5. The largest absolute Gasteiger partial charge is 0.310 e. The van der Waals surface area contributed by atoms with E-state index in [0.717, 1.165) is 11.4 Å². The number of aromatic nitrogens is 1. The van der Waals surface area contributed by atoms with Crippen molar-refractivity contribution in [2.24, 2.45) is 0 Å². The van der Waals surface area contributed by atoms with Crippen molar-refractivity contribution < 1.29 is 0 Å². The maximum Gasteiger partial charge on any atom is 0.0547 e. The minimum absolute atomic E-state index is 1.14. The molecule has 0 saturated heterocycles. The molecule has 0 spiro atoms. The number of anilines is 3. The minimum atomic E-state index is 1.14. The van der Waals surface area contributed by atoms with Gasteiger partial charge in [0.25, 0.3) is 0 Å². The maximum absolute atomic E-state index is 2.44. The highest BCUT2D eigenvalue weighted by atomic mass is 32.1. The second kappa shape index (κ2) is 12.0. The summed E-state index contributed by atoms with van der Waals surface area (Å²) in [4.78, 5) is 2.44. The summed E-state index contributed by atoms with van der Waals surface area (Å²) >= 11 is 1.80. The Morgan fingerprint density at radius 1 is 0.446 bits per heavy atom. The number of hydrogen-bond acceptors (Lipinski definition) is 2. The molecule has 0 N–H and O–H groups in total. The molecule has 11 aromatic rings. The van der Waals surface area contributed by atoms with Gasteiger partial charge < -0.3 is 9.47 Å². The highest BCUT2D eigenvalue weighted by molar-refractivity contribution is 7.17. The Hall–Kier alpha value is -6.94. The van der Waals surface area contributed by atoms with Crippen LogP contribution in [0.4, 0.5) is 17.1 Å². The van der Waals surface area contributed by atoms with Crippen molar-refractivity contribution in [2.45, 2.75) is 6.92 Å². The second-order valence-electron chi connectivity index (χ2n) is 15.1. The molecular formula is C53H34N2S. The van der Waals surface area contributed by atoms with Crippen molar-refractivity contribution in [3.8, 4) is 39.1 Å². The third-order valence-corrected chi connectivity index (χ3v) is 12.7. The molecule has 0 amide bonds. The van der Waals surface area contributed by atoms with Gasteiger partial charge in [0.1, 0.15) is 0 Å². The van der Waals surface area contributed by atoms with Gasteiger partial charge in [0.05, 0.1) is 16.7 Å². The first-order valence-corrected chi connectivity index (χ1v) is 20.1. The average molecular weight is 731 g/mol. The van der Waals surface area contributed by atoms with Crippen LogP contribution in [0.25, 0.3) is 92.5 Å². The predicted octanol–water partition coefficient (Wildman–Crippen LogP) is 15.4. The summed E-state index contributed by atoms with van der Waals surface area (Å²) in [5, 5.41) is 11.1. The predicted molar refractivity (Wildman–Crippen MR) is 240 cm³/mol. The molecule has 0 radical (unpaired) electrons. The Kier molecular flexibility index (Phi) is 6.75. The number of benzene rings is 9. The average Bonchev–Trinajstić information content (AvgIpc) is 3.86. The topological polar surface area (TPSA) is 8.17 Å². The van der Waals surface area contributed by atoms with Crippen LogP contribution in [0.3, 0.4) is 0 Å². The first kappa shape index (κ1) is 31.4. The van der Waals surface area contributed by atoms with Crippen LogP contribution in [0.15, 0.2) is 187 Å². The number of fused-ring (bicyclic) bond motifs is 10. The summed E-state index contributed by atoms with van der Waals surface area (Å²) in [5.41, 5.74) is 16.1. The Morgan fingerprint density at radius 2 is 1.04 bits per heavy atom. The minimum Gasteiger partial charge on any atom is -0.310 e. The molecule has 0 aliphatic heterocycles. The van der Waals surface area contributed by atoms with Gasteiger partial charge >= 0.3 is 0 Å². The highest BCUT2D eigenvalue weighted by Gasteiger charge is 2.25. The van der Waals surface area contributed by atoms with Crippen LogP contribution in [-0.4, -0.2) is 4.57 Å². The summed E-state index contributed by atoms with van der Waals surface area (Å²) in [6.07, 6.45) is 0. The van der Waals surface area contributed by atoms with Crippen molar-refractivity contribution in [1.29, 1.82) is 0 Å². The fraction of sp³-hybridized carbons (Fsp3) is 0.0189. The van der Waals surface area contributed by atoms with Gasteiger partial charge in [0.15, 0.2) is 0 Å². The number of aryl methyl sites for hydroxylation is 1. The van der Waals surface area contributed by atoms with Gasteiger partial charge in [-0.25, -0.2) is 0 Å². The zero-order chi connectivity index (χ0) is 36.9. The van der Waals surface area contributed by atoms with Crippen molar-refractivity contribution in [2.75, 3.05) is 4.90 Å². The molecule has 0 bridgehead atoms. The van der Waals surface area contributed by atoms with Gasteiger partial charge in [-0.1, -0.05) is 96.6 Å². The van der Waals surface area contributed by atoms with Crippen molar-refractivity contribution in [3.63, 3.8) is 0 Å². The molecule has 9 aromatic carbocycles. The van der Waals surface area contributed by atoms with Crippen molar-refractivity contribution >= 4 is 81.8 Å². The van der Waals surface area contributed by atoms with E-state index in [1.165, 1.54) is 104 Å². The van der Waals surface area contributed by atoms with E-state index >= 15 is 0 Å². The van der Waals surface area contributed by atoms with E-state index in [9.17, 15) is 0 Å². The molecule has 3 heteroatoms. The summed E-state index contributed by atoms with van der Waals surface area (Å²) < 4.78 is 3.70. The van der Waals surface area contributed by atoms with Gasteiger partial charge in [-0.2, -0.15) is 0 Å². The van der Waals surface area contributed by atoms with Gasteiger partial charge in [-0.05, 0) is 153 Å². The summed E-state index contributed by atoms with van der Waals surface area (Å²) in [6.45, 7) is 2.15. The summed E-state index contributed by atoms with van der Waals surface area (Å²) in [7, 11) is 0. The fourth-order valence-electron chi connectivity index (χ4n) is 9.13. The Labute approximate surface area is 328 Å². The van der Waals surface area contributed by atoms with Crippen LogP contribution >= 0.6 is 11.3 Å². The van der Waals surface area contributed by atoms with Crippen LogP contribution in [-0.2, 0) is 0 Å². The lowest BCUT2D eigenvalue weighted by molar-refractivity contribution is 1.19.